The molecular weight excluding hydrogens is 176 g/mol. The van der Waals surface area contributed by atoms with Crippen molar-refractivity contribution in [2.45, 2.75) is 19.9 Å². The minimum Gasteiger partial charge on any atom is -0.368 e. The molecule has 0 aromatic carbocycles. The van der Waals surface area contributed by atoms with Crippen LogP contribution in [0.4, 0.5) is 0 Å². The summed E-state index contributed by atoms with van der Waals surface area (Å²) >= 11 is 0. The third-order valence-corrected chi connectivity index (χ3v) is 1.35. The van der Waals surface area contributed by atoms with Gasteiger partial charge >= 0.3 is 5.69 Å². The Morgan fingerprint density at radius 1 is 1.69 bits per heavy atom. The largest absolute Gasteiger partial charge is 0.368 e. The summed E-state index contributed by atoms with van der Waals surface area (Å²) in [6.07, 6.45) is 0.350. The van der Waals surface area contributed by atoms with E-state index in [0.717, 1.165) is 4.57 Å². The molecule has 6 heteroatoms. The standard InChI is InChI=1S/C7H10N2O4/c1-5(10)13-4-9-3-2-6(11)8-7(9)12/h2-3,5,10H,4H2,1H3,(H,8,11,12). The second-order valence-corrected chi connectivity index (χ2v) is 2.48. The van der Waals surface area contributed by atoms with E-state index in [4.69, 9.17) is 9.84 Å². The number of nitrogens with one attached hydrogen (secondary N) is 1. The molecule has 0 radical (unpaired) electrons. The predicted molar refractivity (Wildman–Crippen MR) is 44.1 cm³/mol. The van der Waals surface area contributed by atoms with Gasteiger partial charge in [0.25, 0.3) is 5.56 Å². The summed E-state index contributed by atoms with van der Waals surface area (Å²) in [4.78, 5) is 23.7. The van der Waals surface area contributed by atoms with Gasteiger partial charge in [-0.05, 0) is 6.92 Å². The van der Waals surface area contributed by atoms with E-state index in [9.17, 15) is 9.59 Å². The lowest BCUT2D eigenvalue weighted by atomic mass is 10.6. The summed E-state index contributed by atoms with van der Waals surface area (Å²) in [7, 11) is 0. The fourth-order valence-corrected chi connectivity index (χ4v) is 0.734. The number of aromatic nitrogens is 2. The Labute approximate surface area is 73.4 Å². The summed E-state index contributed by atoms with van der Waals surface area (Å²) in [6.45, 7) is 1.34. The average molecular weight is 186 g/mol. The Morgan fingerprint density at radius 3 is 2.92 bits per heavy atom. The van der Waals surface area contributed by atoms with Gasteiger partial charge in [0.05, 0.1) is 0 Å². The van der Waals surface area contributed by atoms with Crippen LogP contribution in [0, 0.1) is 0 Å². The molecule has 0 aliphatic rings. The van der Waals surface area contributed by atoms with E-state index < -0.39 is 17.5 Å². The van der Waals surface area contributed by atoms with Crippen LogP contribution in [0.3, 0.4) is 0 Å². The number of aliphatic hydroxyl groups excluding tert-OH is 1. The highest BCUT2D eigenvalue weighted by atomic mass is 16.6. The smallest absolute Gasteiger partial charge is 0.330 e. The first-order chi connectivity index (χ1) is 6.09. The van der Waals surface area contributed by atoms with Gasteiger partial charge in [0.2, 0.25) is 0 Å². The topological polar surface area (TPSA) is 84.3 Å². The molecule has 0 aliphatic heterocycles. The minimum atomic E-state index is -0.946. The molecule has 0 saturated carbocycles. The van der Waals surface area contributed by atoms with Gasteiger partial charge in [-0.1, -0.05) is 0 Å². The van der Waals surface area contributed by atoms with Gasteiger partial charge in [0.1, 0.15) is 6.73 Å². The zero-order chi connectivity index (χ0) is 9.84. The highest BCUT2D eigenvalue weighted by Gasteiger charge is 1.98. The molecule has 1 rings (SSSR count). The van der Waals surface area contributed by atoms with Gasteiger partial charge in [-0.3, -0.25) is 14.3 Å². The van der Waals surface area contributed by atoms with E-state index in [1.165, 1.54) is 19.2 Å². The van der Waals surface area contributed by atoms with Crippen LogP contribution in [0.2, 0.25) is 0 Å². The molecule has 2 N–H and O–H groups in total. The van der Waals surface area contributed by atoms with Crippen LogP contribution >= 0.6 is 0 Å². The molecule has 0 amide bonds. The van der Waals surface area contributed by atoms with Crippen molar-refractivity contribution in [3.05, 3.63) is 33.1 Å². The molecule has 72 valence electrons. The summed E-state index contributed by atoms with van der Waals surface area (Å²) in [5.41, 5.74) is -1.02. The van der Waals surface area contributed by atoms with Crippen molar-refractivity contribution in [1.82, 2.24) is 9.55 Å². The zero-order valence-electron chi connectivity index (χ0n) is 7.06. The van der Waals surface area contributed by atoms with Crippen molar-refractivity contribution in [2.24, 2.45) is 0 Å². The number of hydrogen-bond acceptors (Lipinski definition) is 4. The lowest BCUT2D eigenvalue weighted by Gasteiger charge is -2.07. The molecule has 0 aliphatic carbocycles. The van der Waals surface area contributed by atoms with Gasteiger partial charge in [0.15, 0.2) is 6.29 Å². The first-order valence-electron chi connectivity index (χ1n) is 3.69. The second kappa shape index (κ2) is 4.01. The minimum absolute atomic E-state index is 0.0900. The van der Waals surface area contributed by atoms with E-state index >= 15 is 0 Å². The molecule has 1 unspecified atom stereocenters. The summed E-state index contributed by atoms with van der Waals surface area (Å²) < 4.78 is 5.88. The molecular formula is C7H10N2O4. The Morgan fingerprint density at radius 2 is 2.38 bits per heavy atom. The number of aliphatic hydroxyl groups is 1. The van der Waals surface area contributed by atoms with Crippen LogP contribution < -0.4 is 11.2 Å². The average Bonchev–Trinajstić information content (AvgIpc) is 2.02. The summed E-state index contributed by atoms with van der Waals surface area (Å²) in [5.74, 6) is 0. The van der Waals surface area contributed by atoms with E-state index in [1.807, 2.05) is 0 Å². The van der Waals surface area contributed by atoms with Crippen LogP contribution in [0.15, 0.2) is 21.9 Å². The molecule has 1 atom stereocenters. The highest BCUT2D eigenvalue weighted by Crippen LogP contribution is 1.85. The van der Waals surface area contributed by atoms with E-state index in [-0.39, 0.29) is 6.73 Å². The number of rotatable bonds is 3. The summed E-state index contributed by atoms with van der Waals surface area (Å²) in [6, 6.07) is 1.20. The molecule has 0 saturated heterocycles. The number of ether oxygens (including phenoxy) is 1. The van der Waals surface area contributed by atoms with Gasteiger partial charge in [-0.25, -0.2) is 4.79 Å². The van der Waals surface area contributed by atoms with Crippen LogP contribution in [-0.4, -0.2) is 20.9 Å². The summed E-state index contributed by atoms with van der Waals surface area (Å²) in [5, 5.41) is 8.75. The molecule has 0 spiro atoms. The first-order valence-corrected chi connectivity index (χ1v) is 3.69. The van der Waals surface area contributed by atoms with Gasteiger partial charge in [-0.15, -0.1) is 0 Å². The maximum Gasteiger partial charge on any atom is 0.330 e. The Kier molecular flexibility index (Phi) is 2.99. The van der Waals surface area contributed by atoms with Crippen LogP contribution in [-0.2, 0) is 11.5 Å². The Hall–Kier alpha value is -1.40. The second-order valence-electron chi connectivity index (χ2n) is 2.48. The first kappa shape index (κ1) is 9.69. The van der Waals surface area contributed by atoms with Crippen molar-refractivity contribution in [1.29, 1.82) is 0 Å². The van der Waals surface area contributed by atoms with Gasteiger partial charge in [-0.2, -0.15) is 0 Å². The van der Waals surface area contributed by atoms with Crippen LogP contribution in [0.1, 0.15) is 6.92 Å². The van der Waals surface area contributed by atoms with Gasteiger partial charge < -0.3 is 9.84 Å². The fraction of sp³-hybridized carbons (Fsp3) is 0.429. The number of aromatic amines is 1. The fourth-order valence-electron chi connectivity index (χ4n) is 0.734. The number of H-pyrrole nitrogens is 1. The normalized spacial score (nSPS) is 12.8. The predicted octanol–water partition coefficient (Wildman–Crippen LogP) is -1.15. The number of hydrogen-bond donors (Lipinski definition) is 2. The molecule has 1 heterocycles. The molecule has 1 aromatic heterocycles. The Bertz CT molecular complexity index is 379. The van der Waals surface area contributed by atoms with E-state index in [1.54, 1.807) is 0 Å². The molecule has 6 nitrogen and oxygen atoms in total. The Balaban J connectivity index is 2.79. The zero-order valence-corrected chi connectivity index (χ0v) is 7.06. The van der Waals surface area contributed by atoms with Crippen LogP contribution in [0.5, 0.6) is 0 Å². The maximum absolute atomic E-state index is 11.0. The quantitative estimate of drug-likeness (QED) is 0.584. The number of nitrogens with zero attached hydrogens (tertiary/aromatic N) is 1. The third-order valence-electron chi connectivity index (χ3n) is 1.35. The molecule has 13 heavy (non-hydrogen) atoms. The van der Waals surface area contributed by atoms with Crippen molar-refractivity contribution >= 4 is 0 Å². The van der Waals surface area contributed by atoms with E-state index in [0.29, 0.717) is 0 Å². The molecule has 0 bridgehead atoms. The SMILES string of the molecule is CC(O)OCn1ccc(=O)[nH]c1=O. The highest BCUT2D eigenvalue weighted by molar-refractivity contribution is 4.81. The van der Waals surface area contributed by atoms with Crippen LogP contribution in [0.25, 0.3) is 0 Å². The van der Waals surface area contributed by atoms with Crippen molar-refractivity contribution in [3.8, 4) is 0 Å². The van der Waals surface area contributed by atoms with E-state index in [2.05, 4.69) is 4.98 Å². The molecule has 1 aromatic rings. The lowest BCUT2D eigenvalue weighted by Crippen LogP contribution is -2.30. The van der Waals surface area contributed by atoms with Crippen molar-refractivity contribution < 1.29 is 9.84 Å². The van der Waals surface area contributed by atoms with Gasteiger partial charge in [0, 0.05) is 12.3 Å². The lowest BCUT2D eigenvalue weighted by molar-refractivity contribution is -0.113. The molecule has 0 fully saturated rings. The third kappa shape index (κ3) is 2.85. The maximum atomic E-state index is 11.0. The van der Waals surface area contributed by atoms with Crippen molar-refractivity contribution in [3.63, 3.8) is 0 Å². The monoisotopic (exact) mass is 186 g/mol. The van der Waals surface area contributed by atoms with Crippen molar-refractivity contribution in [2.75, 3.05) is 0 Å².